The quantitative estimate of drug-likeness (QED) is 0.461. The van der Waals surface area contributed by atoms with Crippen molar-refractivity contribution in [3.8, 4) is 0 Å². The third kappa shape index (κ3) is 4.37. The fourth-order valence-corrected chi connectivity index (χ4v) is 6.29. The van der Waals surface area contributed by atoms with Gasteiger partial charge in [-0.05, 0) is 72.1 Å². The van der Waals surface area contributed by atoms with Gasteiger partial charge in [-0.1, -0.05) is 17.7 Å². The Labute approximate surface area is 206 Å². The average Bonchev–Trinajstić information content (AvgIpc) is 3.26. The summed E-state index contributed by atoms with van der Waals surface area (Å²) in [7, 11) is -1.74. The van der Waals surface area contributed by atoms with Gasteiger partial charge in [-0.3, -0.25) is 14.3 Å². The molecule has 3 aromatic rings. The number of carbonyl (C=O) groups is 3. The zero-order valence-corrected chi connectivity index (χ0v) is 20.1. The van der Waals surface area contributed by atoms with E-state index < -0.39 is 17.0 Å². The maximum Gasteiger partial charge on any atom is 0.331 e. The molecular formula is C23H19ClN4O4S2. The molecule has 0 radical (unpaired) electrons. The molecule has 0 aliphatic carbocycles. The molecule has 174 valence electrons. The minimum absolute atomic E-state index is 0.172. The molecule has 0 bridgehead atoms. The van der Waals surface area contributed by atoms with Gasteiger partial charge in [-0.25, -0.2) is 13.9 Å². The van der Waals surface area contributed by atoms with Crippen molar-refractivity contribution in [3.05, 3.63) is 75.1 Å². The van der Waals surface area contributed by atoms with Crippen LogP contribution in [0.5, 0.6) is 0 Å². The van der Waals surface area contributed by atoms with Gasteiger partial charge >= 0.3 is 6.03 Å². The van der Waals surface area contributed by atoms with E-state index in [2.05, 4.69) is 15.4 Å². The Bertz CT molecular complexity index is 1340. The molecule has 34 heavy (non-hydrogen) atoms. The number of urea groups is 1. The van der Waals surface area contributed by atoms with E-state index in [4.69, 9.17) is 11.6 Å². The molecule has 0 fully saturated rings. The number of imide groups is 1. The second kappa shape index (κ2) is 9.30. The number of benzene rings is 2. The highest BCUT2D eigenvalue weighted by atomic mass is 35.5. The monoisotopic (exact) mass is 514 g/mol. The molecule has 2 aliphatic rings. The largest absolute Gasteiger partial charge is 0.331 e. The molecule has 1 unspecified atom stereocenters. The van der Waals surface area contributed by atoms with Gasteiger partial charge in [0.1, 0.15) is 4.21 Å². The molecule has 8 nitrogen and oxygen atoms in total. The van der Waals surface area contributed by atoms with E-state index in [0.717, 1.165) is 47.5 Å². The van der Waals surface area contributed by atoms with Crippen molar-refractivity contribution in [2.45, 2.75) is 23.6 Å². The summed E-state index contributed by atoms with van der Waals surface area (Å²) in [5.74, 6) is -0.635. The number of nitrogens with one attached hydrogen (secondary N) is 3. The van der Waals surface area contributed by atoms with Crippen molar-refractivity contribution in [2.24, 2.45) is 0 Å². The first-order valence-electron chi connectivity index (χ1n) is 10.5. The van der Waals surface area contributed by atoms with E-state index in [1.165, 1.54) is 4.90 Å². The number of amides is 4. The lowest BCUT2D eigenvalue weighted by Gasteiger charge is -2.30. The first-order valence-corrected chi connectivity index (χ1v) is 12.8. The number of thiophene rings is 1. The highest BCUT2D eigenvalue weighted by molar-refractivity contribution is 7.86. The third-order valence-corrected chi connectivity index (χ3v) is 8.31. The Morgan fingerprint density at radius 3 is 2.59 bits per heavy atom. The van der Waals surface area contributed by atoms with E-state index in [1.807, 2.05) is 6.07 Å². The Kier molecular flexibility index (Phi) is 6.22. The second-order valence-electron chi connectivity index (χ2n) is 7.80. The number of fused-ring (bicyclic) bond motifs is 3. The fraction of sp³-hybridized carbons (Fsp3) is 0.174. The summed E-state index contributed by atoms with van der Waals surface area (Å²) >= 11 is 6.95. The number of hydrogen-bond acceptors (Lipinski definition) is 6. The minimum Gasteiger partial charge on any atom is -0.312 e. The van der Waals surface area contributed by atoms with Crippen molar-refractivity contribution in [2.75, 3.05) is 16.8 Å². The van der Waals surface area contributed by atoms with E-state index >= 15 is 0 Å². The molecule has 3 heterocycles. The number of nitrogens with zero attached hydrogens (tertiary/aromatic N) is 1. The molecule has 1 atom stereocenters. The highest BCUT2D eigenvalue weighted by Gasteiger charge is 2.34. The third-order valence-electron chi connectivity index (χ3n) is 5.71. The number of carbonyl (C=O) groups excluding carboxylic acids is 3. The first-order chi connectivity index (χ1) is 16.4. The Hall–Kier alpha value is -3.05. The van der Waals surface area contributed by atoms with Crippen LogP contribution in [-0.4, -0.2) is 28.6 Å². The van der Waals surface area contributed by atoms with Gasteiger partial charge in [-0.15, -0.1) is 11.3 Å². The van der Waals surface area contributed by atoms with Gasteiger partial charge in [0.2, 0.25) is 5.91 Å². The Balaban J connectivity index is 1.30. The van der Waals surface area contributed by atoms with Crippen LogP contribution < -0.4 is 20.3 Å². The molecule has 4 amide bonds. The van der Waals surface area contributed by atoms with Crippen LogP contribution in [0.3, 0.4) is 0 Å². The van der Waals surface area contributed by atoms with Gasteiger partial charge < -0.3 is 10.6 Å². The van der Waals surface area contributed by atoms with Crippen molar-refractivity contribution in [3.63, 3.8) is 0 Å². The number of anilines is 2. The Morgan fingerprint density at radius 2 is 1.85 bits per heavy atom. The first kappa shape index (κ1) is 22.7. The van der Waals surface area contributed by atoms with E-state index in [0.29, 0.717) is 25.5 Å². The van der Waals surface area contributed by atoms with Crippen molar-refractivity contribution in [1.82, 2.24) is 10.0 Å². The molecular weight excluding hydrogens is 496 g/mol. The molecule has 5 rings (SSSR count). The van der Waals surface area contributed by atoms with Crippen LogP contribution in [0.25, 0.3) is 0 Å². The second-order valence-corrected chi connectivity index (χ2v) is 11.0. The van der Waals surface area contributed by atoms with Crippen molar-refractivity contribution < 1.29 is 18.6 Å². The van der Waals surface area contributed by atoms with Crippen LogP contribution in [0.4, 0.5) is 16.2 Å². The topological polar surface area (TPSA) is 108 Å². The normalized spacial score (nSPS) is 16.0. The lowest BCUT2D eigenvalue weighted by atomic mass is 9.87. The van der Waals surface area contributed by atoms with Crippen LogP contribution in [-0.2, 0) is 35.2 Å². The summed E-state index contributed by atoms with van der Waals surface area (Å²) in [6, 6.07) is 12.6. The summed E-state index contributed by atoms with van der Waals surface area (Å²) in [5.41, 5.74) is 4.46. The predicted octanol–water partition coefficient (Wildman–Crippen LogP) is 3.62. The lowest BCUT2D eigenvalue weighted by molar-refractivity contribution is -0.117. The zero-order valence-electron chi connectivity index (χ0n) is 17.7. The smallest absolute Gasteiger partial charge is 0.312 e. The summed E-state index contributed by atoms with van der Waals surface area (Å²) in [6.07, 6.45) is 0.969. The number of rotatable bonds is 4. The van der Waals surface area contributed by atoms with Crippen LogP contribution in [0, 0.1) is 0 Å². The molecule has 1 aromatic heterocycles. The van der Waals surface area contributed by atoms with Crippen LogP contribution in [0.1, 0.15) is 27.0 Å². The summed E-state index contributed by atoms with van der Waals surface area (Å²) in [6.45, 7) is 1.57. The van der Waals surface area contributed by atoms with Gasteiger partial charge in [0.05, 0.1) is 16.4 Å². The maximum absolute atomic E-state index is 13.2. The molecule has 3 N–H and O–H groups in total. The number of halogens is 1. The summed E-state index contributed by atoms with van der Waals surface area (Å²) in [4.78, 5) is 39.5. The van der Waals surface area contributed by atoms with E-state index in [9.17, 15) is 18.6 Å². The minimum atomic E-state index is -1.74. The SMILES string of the molecule is O=C(Nc1ccc(N2C(=O)Cc3c(ccc4c3CCNC4)C2=O)cc1)NS(=O)c1ccc(Cl)s1. The highest BCUT2D eigenvalue weighted by Crippen LogP contribution is 2.31. The molecule has 11 heteroatoms. The van der Waals surface area contributed by atoms with Crippen LogP contribution in [0.2, 0.25) is 4.34 Å². The van der Waals surface area contributed by atoms with Gasteiger partial charge in [-0.2, -0.15) is 0 Å². The lowest BCUT2D eigenvalue weighted by Crippen LogP contribution is -2.43. The van der Waals surface area contributed by atoms with Gasteiger partial charge in [0.15, 0.2) is 11.0 Å². The summed E-state index contributed by atoms with van der Waals surface area (Å²) in [5, 5.41) is 5.89. The molecule has 0 saturated heterocycles. The Morgan fingerprint density at radius 1 is 1.06 bits per heavy atom. The molecule has 2 aromatic carbocycles. The zero-order chi connectivity index (χ0) is 23.8. The number of hydrogen-bond donors (Lipinski definition) is 3. The van der Waals surface area contributed by atoms with Crippen molar-refractivity contribution >= 4 is 63.1 Å². The predicted molar refractivity (Wildman–Crippen MR) is 132 cm³/mol. The summed E-state index contributed by atoms with van der Waals surface area (Å²) < 4.78 is 15.4. The van der Waals surface area contributed by atoms with Gasteiger partial charge in [0, 0.05) is 17.8 Å². The van der Waals surface area contributed by atoms with Crippen LogP contribution >= 0.6 is 22.9 Å². The van der Waals surface area contributed by atoms with Crippen molar-refractivity contribution in [1.29, 1.82) is 0 Å². The fourth-order valence-electron chi connectivity index (χ4n) is 4.16. The standard InChI is InChI=1S/C23H19ClN4O4S2/c24-19-7-8-21(33-19)34(32)27-23(31)26-14-2-4-15(5-3-14)28-20(29)11-18-16-9-10-25-12-13(16)1-6-17(18)22(28)30/h1-8,25H,9-12H2,(H2,26,27,31). The van der Waals surface area contributed by atoms with Gasteiger partial charge in [0.25, 0.3) is 5.91 Å². The maximum atomic E-state index is 13.2. The van der Waals surface area contributed by atoms with Crippen LogP contribution in [0.15, 0.2) is 52.7 Å². The molecule has 2 aliphatic heterocycles. The van der Waals surface area contributed by atoms with E-state index in [-0.39, 0.29) is 18.2 Å². The van der Waals surface area contributed by atoms with E-state index in [1.54, 1.807) is 42.5 Å². The average molecular weight is 515 g/mol. The molecule has 0 spiro atoms. The molecule has 0 saturated carbocycles.